The fourth-order valence-corrected chi connectivity index (χ4v) is 3.33. The van der Waals surface area contributed by atoms with Crippen molar-refractivity contribution >= 4 is 11.4 Å². The van der Waals surface area contributed by atoms with E-state index in [2.05, 4.69) is 19.2 Å². The summed E-state index contributed by atoms with van der Waals surface area (Å²) in [6, 6.07) is 5.52. The molecule has 1 saturated carbocycles. The number of hydrogen-bond donors (Lipinski definition) is 1. The second kappa shape index (κ2) is 6.78. The summed E-state index contributed by atoms with van der Waals surface area (Å²) < 4.78 is 5.39. The highest BCUT2D eigenvalue weighted by atomic mass is 16.6. The van der Waals surface area contributed by atoms with Gasteiger partial charge in [-0.05, 0) is 43.7 Å². The molecule has 1 aliphatic carbocycles. The van der Waals surface area contributed by atoms with E-state index in [9.17, 15) is 10.1 Å². The lowest BCUT2D eigenvalue weighted by molar-refractivity contribution is -0.385. The van der Waals surface area contributed by atoms with Gasteiger partial charge in [-0.15, -0.1) is 0 Å². The number of ether oxygens (including phenoxy) is 1. The lowest BCUT2D eigenvalue weighted by atomic mass is 9.93. The molecule has 116 valence electrons. The Labute approximate surface area is 125 Å². The number of anilines is 1. The van der Waals surface area contributed by atoms with E-state index in [1.54, 1.807) is 18.2 Å². The zero-order chi connectivity index (χ0) is 15.4. The molecule has 0 spiro atoms. The predicted octanol–water partition coefficient (Wildman–Crippen LogP) is 4.23. The average Bonchev–Trinajstić information content (AvgIpc) is 2.80. The molecule has 0 saturated heterocycles. The van der Waals surface area contributed by atoms with Gasteiger partial charge in [0.2, 0.25) is 0 Å². The van der Waals surface area contributed by atoms with Gasteiger partial charge in [0.05, 0.1) is 11.5 Å². The van der Waals surface area contributed by atoms with Gasteiger partial charge in [-0.3, -0.25) is 10.1 Å². The van der Waals surface area contributed by atoms with Gasteiger partial charge in [-0.1, -0.05) is 26.3 Å². The van der Waals surface area contributed by atoms with E-state index in [1.165, 1.54) is 12.8 Å². The molecule has 0 aromatic heterocycles. The van der Waals surface area contributed by atoms with Crippen molar-refractivity contribution in [1.82, 2.24) is 0 Å². The monoisotopic (exact) mass is 292 g/mol. The molecule has 1 N–H and O–H groups in total. The van der Waals surface area contributed by atoms with Crippen molar-refractivity contribution in [2.45, 2.75) is 46.1 Å². The van der Waals surface area contributed by atoms with E-state index in [0.29, 0.717) is 35.9 Å². The van der Waals surface area contributed by atoms with Crippen molar-refractivity contribution in [3.63, 3.8) is 0 Å². The van der Waals surface area contributed by atoms with E-state index in [1.807, 2.05) is 6.92 Å². The Hall–Kier alpha value is -1.78. The summed E-state index contributed by atoms with van der Waals surface area (Å²) in [5.74, 6) is 1.58. The van der Waals surface area contributed by atoms with Crippen LogP contribution in [0.5, 0.6) is 5.75 Å². The minimum Gasteiger partial charge on any atom is -0.487 e. The summed E-state index contributed by atoms with van der Waals surface area (Å²) in [6.07, 6.45) is 3.42. The van der Waals surface area contributed by atoms with Crippen molar-refractivity contribution < 1.29 is 9.66 Å². The summed E-state index contributed by atoms with van der Waals surface area (Å²) >= 11 is 0. The maximum atomic E-state index is 11.4. The first-order chi connectivity index (χ1) is 10.1. The van der Waals surface area contributed by atoms with Gasteiger partial charge in [0, 0.05) is 6.04 Å². The molecule has 1 aliphatic rings. The van der Waals surface area contributed by atoms with Crippen molar-refractivity contribution in [2.75, 3.05) is 11.9 Å². The molecule has 1 aromatic rings. The number of nitro benzene ring substituents is 1. The van der Waals surface area contributed by atoms with Gasteiger partial charge in [0.15, 0.2) is 5.75 Å². The third-order valence-corrected chi connectivity index (χ3v) is 4.57. The van der Waals surface area contributed by atoms with Gasteiger partial charge in [-0.25, -0.2) is 0 Å². The summed E-state index contributed by atoms with van der Waals surface area (Å²) in [6.45, 7) is 6.69. The first kappa shape index (κ1) is 15.6. The van der Waals surface area contributed by atoms with Gasteiger partial charge in [0.1, 0.15) is 5.69 Å². The Morgan fingerprint density at radius 3 is 2.71 bits per heavy atom. The Kier molecular flexibility index (Phi) is 5.04. The molecule has 0 heterocycles. The van der Waals surface area contributed by atoms with Crippen molar-refractivity contribution in [3.8, 4) is 5.75 Å². The number of nitrogens with zero attached hydrogens (tertiary/aromatic N) is 1. The molecule has 0 aliphatic heterocycles. The van der Waals surface area contributed by atoms with E-state index in [0.717, 1.165) is 6.42 Å². The van der Waals surface area contributed by atoms with Gasteiger partial charge in [-0.2, -0.15) is 0 Å². The van der Waals surface area contributed by atoms with Crippen molar-refractivity contribution in [1.29, 1.82) is 0 Å². The van der Waals surface area contributed by atoms with Crippen LogP contribution in [0.1, 0.15) is 40.0 Å². The summed E-state index contributed by atoms with van der Waals surface area (Å²) in [5, 5.41) is 14.8. The normalized spacial score (nSPS) is 24.8. The summed E-state index contributed by atoms with van der Waals surface area (Å²) in [7, 11) is 0. The Morgan fingerprint density at radius 2 is 2.14 bits per heavy atom. The number of para-hydroxylation sites is 1. The molecular weight excluding hydrogens is 268 g/mol. The lowest BCUT2D eigenvalue weighted by Crippen LogP contribution is -2.25. The van der Waals surface area contributed by atoms with Crippen LogP contribution in [0.3, 0.4) is 0 Å². The average molecular weight is 292 g/mol. The van der Waals surface area contributed by atoms with Gasteiger partial charge in [0.25, 0.3) is 0 Å². The second-order valence-corrected chi connectivity index (χ2v) is 5.70. The zero-order valence-electron chi connectivity index (χ0n) is 13.0. The van der Waals surface area contributed by atoms with E-state index in [-0.39, 0.29) is 10.6 Å². The van der Waals surface area contributed by atoms with Gasteiger partial charge >= 0.3 is 5.69 Å². The summed E-state index contributed by atoms with van der Waals surface area (Å²) in [4.78, 5) is 11.0. The van der Waals surface area contributed by atoms with E-state index in [4.69, 9.17) is 4.74 Å². The van der Waals surface area contributed by atoms with Crippen molar-refractivity contribution in [2.24, 2.45) is 11.8 Å². The van der Waals surface area contributed by atoms with Crippen LogP contribution in [0.15, 0.2) is 18.2 Å². The van der Waals surface area contributed by atoms with E-state index >= 15 is 0 Å². The lowest BCUT2D eigenvalue weighted by Gasteiger charge is -2.22. The fourth-order valence-electron chi connectivity index (χ4n) is 3.33. The maximum absolute atomic E-state index is 11.4. The fraction of sp³-hybridized carbons (Fsp3) is 0.625. The third kappa shape index (κ3) is 3.28. The Bertz CT molecular complexity index is 504. The molecule has 1 fully saturated rings. The van der Waals surface area contributed by atoms with Crippen LogP contribution in [0.2, 0.25) is 0 Å². The second-order valence-electron chi connectivity index (χ2n) is 5.70. The number of nitro groups is 1. The molecule has 5 nitrogen and oxygen atoms in total. The molecule has 0 amide bonds. The topological polar surface area (TPSA) is 64.4 Å². The quantitative estimate of drug-likeness (QED) is 0.629. The molecular formula is C16H24N2O3. The first-order valence-corrected chi connectivity index (χ1v) is 7.75. The summed E-state index contributed by atoms with van der Waals surface area (Å²) in [5.41, 5.74) is 0.617. The number of hydrogen-bond acceptors (Lipinski definition) is 4. The van der Waals surface area contributed by atoms with Crippen LogP contribution in [-0.4, -0.2) is 17.6 Å². The highest BCUT2D eigenvalue weighted by molar-refractivity contribution is 5.68. The molecule has 3 atom stereocenters. The zero-order valence-corrected chi connectivity index (χ0v) is 13.0. The van der Waals surface area contributed by atoms with Crippen LogP contribution in [0.4, 0.5) is 11.4 Å². The molecule has 2 rings (SSSR count). The third-order valence-electron chi connectivity index (χ3n) is 4.57. The molecule has 0 radical (unpaired) electrons. The van der Waals surface area contributed by atoms with Crippen LogP contribution in [-0.2, 0) is 0 Å². The number of rotatable bonds is 6. The first-order valence-electron chi connectivity index (χ1n) is 7.75. The van der Waals surface area contributed by atoms with Crippen LogP contribution >= 0.6 is 0 Å². The Balaban J connectivity index is 2.24. The largest absolute Gasteiger partial charge is 0.487 e. The SMILES string of the molecule is CCOc1cccc(NC2CCC(CC)C2C)c1[N+](=O)[O-]. The van der Waals surface area contributed by atoms with Crippen LogP contribution in [0.25, 0.3) is 0 Å². The standard InChI is InChI=1S/C16H24N2O3/c1-4-12-9-10-13(11(12)3)17-14-7-6-8-15(21-5-2)16(14)18(19)20/h6-8,11-13,17H,4-5,9-10H2,1-3H3. The molecule has 3 unspecified atom stereocenters. The Morgan fingerprint density at radius 1 is 1.38 bits per heavy atom. The number of nitrogens with one attached hydrogen (secondary N) is 1. The highest BCUT2D eigenvalue weighted by Crippen LogP contribution is 2.40. The predicted molar refractivity (Wildman–Crippen MR) is 83.9 cm³/mol. The van der Waals surface area contributed by atoms with Crippen molar-refractivity contribution in [3.05, 3.63) is 28.3 Å². The molecule has 21 heavy (non-hydrogen) atoms. The maximum Gasteiger partial charge on any atom is 0.333 e. The highest BCUT2D eigenvalue weighted by Gasteiger charge is 2.33. The minimum atomic E-state index is -0.357. The molecule has 5 heteroatoms. The van der Waals surface area contributed by atoms with Crippen LogP contribution in [0, 0.1) is 22.0 Å². The molecule has 0 bridgehead atoms. The van der Waals surface area contributed by atoms with Crippen LogP contribution < -0.4 is 10.1 Å². The smallest absolute Gasteiger partial charge is 0.333 e. The number of benzene rings is 1. The van der Waals surface area contributed by atoms with E-state index < -0.39 is 0 Å². The minimum absolute atomic E-state index is 0.0477. The van der Waals surface area contributed by atoms with Gasteiger partial charge < -0.3 is 10.1 Å². The molecule has 1 aromatic carbocycles.